The van der Waals surface area contributed by atoms with E-state index >= 15 is 0 Å². The van der Waals surface area contributed by atoms with Gasteiger partial charge in [0.15, 0.2) is 0 Å². The molecule has 2 aromatic carbocycles. The first-order chi connectivity index (χ1) is 20.3. The number of amides is 1. The highest BCUT2D eigenvalue weighted by molar-refractivity contribution is 7.92. The highest BCUT2D eigenvalue weighted by Crippen LogP contribution is 2.48. The van der Waals surface area contributed by atoms with Crippen LogP contribution < -0.4 is 9.46 Å². The fourth-order valence-corrected chi connectivity index (χ4v) is 7.85. The van der Waals surface area contributed by atoms with Crippen molar-refractivity contribution in [2.24, 2.45) is 17.3 Å². The minimum absolute atomic E-state index is 0.00690. The van der Waals surface area contributed by atoms with Gasteiger partial charge in [-0.15, -0.1) is 0 Å². The Balaban J connectivity index is 1.60. The molecule has 1 saturated carbocycles. The number of hydrogen-bond donors (Lipinski definition) is 1. The molecule has 1 N–H and O–H groups in total. The summed E-state index contributed by atoms with van der Waals surface area (Å²) in [6.45, 7) is 13.0. The van der Waals surface area contributed by atoms with Crippen LogP contribution in [0.15, 0.2) is 53.4 Å². The molecule has 5 rings (SSSR count). The van der Waals surface area contributed by atoms with E-state index in [1.54, 1.807) is 12.1 Å². The van der Waals surface area contributed by atoms with Gasteiger partial charge in [0.05, 0.1) is 17.2 Å². The van der Waals surface area contributed by atoms with Crippen LogP contribution in [0.1, 0.15) is 76.0 Å². The van der Waals surface area contributed by atoms with Gasteiger partial charge in [-0.3, -0.25) is 4.79 Å². The van der Waals surface area contributed by atoms with E-state index < -0.39 is 10.0 Å². The van der Waals surface area contributed by atoms with Gasteiger partial charge >= 0.3 is 0 Å². The third-order valence-electron chi connectivity index (χ3n) is 8.95. The molecule has 1 aliphatic heterocycles. The van der Waals surface area contributed by atoms with E-state index in [1.165, 1.54) is 0 Å². The molecule has 2 aliphatic rings. The summed E-state index contributed by atoms with van der Waals surface area (Å²) in [5.41, 5.74) is 4.59. The molecule has 1 amide bonds. The molecule has 230 valence electrons. The second kappa shape index (κ2) is 11.9. The number of rotatable bonds is 5. The largest absolute Gasteiger partial charge is 0.477 e. The Morgan fingerprint density at radius 1 is 1.05 bits per heavy atom. The lowest BCUT2D eigenvalue weighted by Crippen LogP contribution is -2.48. The Hall–Kier alpha value is -3.46. The van der Waals surface area contributed by atoms with Crippen LogP contribution in [-0.2, 0) is 14.8 Å². The number of anilines is 1. The van der Waals surface area contributed by atoms with E-state index in [2.05, 4.69) is 35.5 Å². The maximum absolute atomic E-state index is 13.7. The predicted octanol–water partition coefficient (Wildman–Crippen LogP) is 6.74. The van der Waals surface area contributed by atoms with Crippen molar-refractivity contribution in [1.29, 1.82) is 0 Å². The number of carbonyl (C=O) groups excluding carboxylic acids is 1. The molecule has 1 aromatic heterocycles. The third kappa shape index (κ3) is 6.71. The zero-order valence-electron chi connectivity index (χ0n) is 26.3. The lowest BCUT2D eigenvalue weighted by molar-refractivity contribution is -0.134. The van der Waals surface area contributed by atoms with E-state index in [1.807, 2.05) is 69.1 Å². The zero-order chi connectivity index (χ0) is 31.1. The molecule has 1 aliphatic carbocycles. The average Bonchev–Trinajstić information content (AvgIpc) is 2.90. The van der Waals surface area contributed by atoms with Crippen molar-refractivity contribution in [2.75, 3.05) is 18.4 Å². The van der Waals surface area contributed by atoms with Crippen molar-refractivity contribution in [3.05, 3.63) is 65.2 Å². The highest BCUT2D eigenvalue weighted by atomic mass is 32.2. The molecule has 8 nitrogen and oxygen atoms in total. The number of aryl methyl sites for hydroxylation is 2. The number of sulfonamides is 1. The Morgan fingerprint density at radius 2 is 1.72 bits per heavy atom. The lowest BCUT2D eigenvalue weighted by Gasteiger charge is -2.48. The summed E-state index contributed by atoms with van der Waals surface area (Å²) in [6, 6.07) is 15.3. The molecule has 2 heterocycles. The van der Waals surface area contributed by atoms with Crippen LogP contribution in [0, 0.1) is 31.1 Å². The Morgan fingerprint density at radius 3 is 2.37 bits per heavy atom. The normalized spacial score (nSPS) is 23.0. The van der Waals surface area contributed by atoms with Gasteiger partial charge in [0.25, 0.3) is 10.0 Å². The first-order valence-electron chi connectivity index (χ1n) is 15.2. The maximum atomic E-state index is 13.7. The van der Waals surface area contributed by atoms with Gasteiger partial charge in [0.2, 0.25) is 17.7 Å². The molecule has 9 heteroatoms. The molecule has 4 bridgehead atoms. The molecule has 0 spiro atoms. The molecule has 0 radical (unpaired) electrons. The first kappa shape index (κ1) is 31.0. The number of ether oxygens (including phenoxy) is 1. The van der Waals surface area contributed by atoms with Crippen LogP contribution in [0.4, 0.5) is 5.95 Å². The number of hydrogen-bond acceptors (Lipinski definition) is 6. The van der Waals surface area contributed by atoms with Gasteiger partial charge in [0, 0.05) is 37.1 Å². The van der Waals surface area contributed by atoms with Crippen LogP contribution in [-0.4, -0.2) is 48.9 Å². The third-order valence-corrected chi connectivity index (χ3v) is 10.3. The van der Waals surface area contributed by atoms with Crippen molar-refractivity contribution in [3.63, 3.8) is 0 Å². The Kier molecular flexibility index (Phi) is 8.58. The average molecular weight is 605 g/mol. The van der Waals surface area contributed by atoms with Crippen molar-refractivity contribution in [1.82, 2.24) is 14.9 Å². The van der Waals surface area contributed by atoms with Crippen LogP contribution in [0.3, 0.4) is 0 Å². The molecule has 43 heavy (non-hydrogen) atoms. The SMILES string of the molecule is CCC(=O)N(C)C1CC(C2c3cccc(c3)S(=O)(=O)Nc3nc(cc(-c4c(C)cccc4C)n3)OC[C@H]2CC(C)(C)C)C1. The van der Waals surface area contributed by atoms with Crippen LogP contribution in [0.2, 0.25) is 0 Å². The van der Waals surface area contributed by atoms with Crippen molar-refractivity contribution in [2.45, 2.75) is 84.1 Å². The summed E-state index contributed by atoms with van der Waals surface area (Å²) in [7, 11) is -2.09. The summed E-state index contributed by atoms with van der Waals surface area (Å²) in [5, 5.41) is 0. The van der Waals surface area contributed by atoms with Crippen LogP contribution in [0.5, 0.6) is 5.88 Å². The highest BCUT2D eigenvalue weighted by Gasteiger charge is 2.43. The van der Waals surface area contributed by atoms with E-state index in [4.69, 9.17) is 4.74 Å². The van der Waals surface area contributed by atoms with Gasteiger partial charge in [0.1, 0.15) is 0 Å². The van der Waals surface area contributed by atoms with Gasteiger partial charge in [-0.1, -0.05) is 58.0 Å². The van der Waals surface area contributed by atoms with Crippen LogP contribution >= 0.6 is 0 Å². The maximum Gasteiger partial charge on any atom is 0.264 e. The number of fused-ring (bicyclic) bond motifs is 4. The Labute approximate surface area is 256 Å². The quantitative estimate of drug-likeness (QED) is 0.346. The van der Waals surface area contributed by atoms with Crippen molar-refractivity contribution < 1.29 is 17.9 Å². The number of aromatic nitrogens is 2. The second-order valence-corrected chi connectivity index (χ2v) is 15.1. The summed E-state index contributed by atoms with van der Waals surface area (Å²) >= 11 is 0. The molecule has 1 unspecified atom stereocenters. The molecule has 3 aromatic rings. The van der Waals surface area contributed by atoms with Crippen molar-refractivity contribution in [3.8, 4) is 17.1 Å². The van der Waals surface area contributed by atoms with Gasteiger partial charge in [-0.25, -0.2) is 18.1 Å². The fourth-order valence-electron chi connectivity index (χ4n) is 6.85. The number of nitrogens with zero attached hydrogens (tertiary/aromatic N) is 3. The fraction of sp³-hybridized carbons (Fsp3) is 0.500. The number of carbonyl (C=O) groups is 1. The summed E-state index contributed by atoms with van der Waals surface area (Å²) in [4.78, 5) is 23.6. The van der Waals surface area contributed by atoms with Crippen molar-refractivity contribution >= 4 is 21.9 Å². The molecular weight excluding hydrogens is 560 g/mol. The number of benzene rings is 2. The second-order valence-electron chi connectivity index (χ2n) is 13.5. The minimum Gasteiger partial charge on any atom is -0.477 e. The molecule has 1 fully saturated rings. The smallest absolute Gasteiger partial charge is 0.264 e. The predicted molar refractivity (Wildman–Crippen MR) is 170 cm³/mol. The van der Waals surface area contributed by atoms with Gasteiger partial charge in [-0.05, 0) is 79.2 Å². The molecule has 0 saturated heterocycles. The zero-order valence-corrected chi connectivity index (χ0v) is 27.2. The molecular formula is C34H44N4O4S. The van der Waals surface area contributed by atoms with Gasteiger partial charge in [-0.2, -0.15) is 4.98 Å². The summed E-state index contributed by atoms with van der Waals surface area (Å²) < 4.78 is 36.5. The van der Waals surface area contributed by atoms with E-state index in [0.717, 1.165) is 41.5 Å². The number of nitrogens with one attached hydrogen (secondary N) is 1. The molecule has 2 atom stereocenters. The minimum atomic E-state index is -3.98. The summed E-state index contributed by atoms with van der Waals surface area (Å²) in [6.07, 6.45) is 3.10. The Bertz CT molecular complexity index is 1590. The standard InChI is InChI=1S/C34H44N4O4S/c1-8-30(39)38(7)26-15-24(16-26)32-23-13-10-14-27(17-23)43(40,41)37-33-35-28(31-21(2)11-9-12-22(31)3)18-29(36-33)42-20-25(32)19-34(4,5)6/h9-14,17-18,24-26,32H,8,15-16,19-20H2,1-7H3,(H,35,36,37)/t24?,25-,26?,32?/m1/s1. The topological polar surface area (TPSA) is 101 Å². The van der Waals surface area contributed by atoms with Crippen LogP contribution in [0.25, 0.3) is 11.3 Å². The first-order valence-corrected chi connectivity index (χ1v) is 16.7. The van der Waals surface area contributed by atoms with E-state index in [-0.39, 0.29) is 46.0 Å². The monoisotopic (exact) mass is 604 g/mol. The lowest BCUT2D eigenvalue weighted by atomic mass is 9.63. The summed E-state index contributed by atoms with van der Waals surface area (Å²) in [5.74, 6) is 0.894. The van der Waals surface area contributed by atoms with E-state index in [0.29, 0.717) is 24.6 Å². The van der Waals surface area contributed by atoms with E-state index in [9.17, 15) is 13.2 Å². The van der Waals surface area contributed by atoms with Gasteiger partial charge < -0.3 is 9.64 Å².